The summed E-state index contributed by atoms with van der Waals surface area (Å²) in [7, 11) is 2.30. The molecule has 0 saturated carbocycles. The smallest absolute Gasteiger partial charge is 0.00926 e. The van der Waals surface area contributed by atoms with Crippen molar-refractivity contribution in [1.82, 2.24) is 4.90 Å². The SMILES string of the molecule is CCCCCCCCCCCCC1CCCN1C.F. The Kier molecular flexibility index (Phi) is 12.8. The first-order chi connectivity index (χ1) is 8.84. The molecule has 0 aromatic rings. The first-order valence-corrected chi connectivity index (χ1v) is 8.55. The van der Waals surface area contributed by atoms with Gasteiger partial charge in [0.1, 0.15) is 0 Å². The van der Waals surface area contributed by atoms with Crippen molar-refractivity contribution < 1.29 is 4.70 Å². The number of nitrogens with zero attached hydrogens (tertiary/aromatic N) is 1. The molecule has 1 fully saturated rings. The van der Waals surface area contributed by atoms with Crippen molar-refractivity contribution in [1.29, 1.82) is 0 Å². The van der Waals surface area contributed by atoms with Crippen molar-refractivity contribution in [2.24, 2.45) is 0 Å². The third kappa shape index (κ3) is 9.43. The van der Waals surface area contributed by atoms with Crippen LogP contribution in [0.1, 0.15) is 90.4 Å². The Morgan fingerprint density at radius 3 is 1.84 bits per heavy atom. The highest BCUT2D eigenvalue weighted by Gasteiger charge is 2.19. The molecule has 1 nitrogen and oxygen atoms in total. The van der Waals surface area contributed by atoms with Gasteiger partial charge in [-0.3, -0.25) is 4.70 Å². The van der Waals surface area contributed by atoms with E-state index in [9.17, 15) is 0 Å². The van der Waals surface area contributed by atoms with Crippen LogP contribution in [-0.4, -0.2) is 24.5 Å². The van der Waals surface area contributed by atoms with Gasteiger partial charge in [0.25, 0.3) is 0 Å². The highest BCUT2D eigenvalue weighted by molar-refractivity contribution is 4.75. The van der Waals surface area contributed by atoms with Crippen LogP contribution in [0.15, 0.2) is 0 Å². The summed E-state index contributed by atoms with van der Waals surface area (Å²) >= 11 is 0. The molecule has 116 valence electrons. The Bertz CT molecular complexity index is 184. The number of hydrogen-bond acceptors (Lipinski definition) is 1. The van der Waals surface area contributed by atoms with Crippen molar-refractivity contribution in [3.63, 3.8) is 0 Å². The zero-order valence-corrected chi connectivity index (χ0v) is 13.3. The fourth-order valence-corrected chi connectivity index (χ4v) is 3.21. The van der Waals surface area contributed by atoms with Gasteiger partial charge in [-0.1, -0.05) is 71.1 Å². The van der Waals surface area contributed by atoms with Crippen LogP contribution in [0.4, 0.5) is 4.70 Å². The van der Waals surface area contributed by atoms with Gasteiger partial charge >= 0.3 is 0 Å². The van der Waals surface area contributed by atoms with Gasteiger partial charge in [-0.25, -0.2) is 0 Å². The fourth-order valence-electron chi connectivity index (χ4n) is 3.21. The van der Waals surface area contributed by atoms with E-state index in [2.05, 4.69) is 18.9 Å². The van der Waals surface area contributed by atoms with Crippen LogP contribution in [0.2, 0.25) is 0 Å². The van der Waals surface area contributed by atoms with Crippen molar-refractivity contribution in [3.8, 4) is 0 Å². The van der Waals surface area contributed by atoms with E-state index < -0.39 is 0 Å². The lowest BCUT2D eigenvalue weighted by Gasteiger charge is -2.18. The predicted octanol–water partition coefficient (Wildman–Crippen LogP) is 5.54. The van der Waals surface area contributed by atoms with Gasteiger partial charge in [0.2, 0.25) is 0 Å². The number of halogens is 1. The Balaban J connectivity index is 0.00000324. The van der Waals surface area contributed by atoms with E-state index in [0.29, 0.717) is 0 Å². The van der Waals surface area contributed by atoms with Crippen molar-refractivity contribution in [3.05, 3.63) is 0 Å². The molecule has 1 atom stereocenters. The van der Waals surface area contributed by atoms with Crippen molar-refractivity contribution in [2.75, 3.05) is 13.6 Å². The molecule has 1 saturated heterocycles. The van der Waals surface area contributed by atoms with Crippen LogP contribution < -0.4 is 0 Å². The second kappa shape index (κ2) is 12.9. The summed E-state index contributed by atoms with van der Waals surface area (Å²) in [6.45, 7) is 3.63. The van der Waals surface area contributed by atoms with Gasteiger partial charge in [0, 0.05) is 6.04 Å². The molecule has 0 bridgehead atoms. The minimum Gasteiger partial charge on any atom is -0.303 e. The third-order valence-corrected chi connectivity index (χ3v) is 4.56. The van der Waals surface area contributed by atoms with E-state index in [4.69, 9.17) is 0 Å². The molecular weight excluding hydrogens is 237 g/mol. The summed E-state index contributed by atoms with van der Waals surface area (Å²) in [6, 6.07) is 0.916. The number of rotatable bonds is 11. The van der Waals surface area contributed by atoms with E-state index in [1.165, 1.54) is 90.0 Å². The number of hydrogen-bond donors (Lipinski definition) is 0. The van der Waals surface area contributed by atoms with Crippen molar-refractivity contribution >= 4 is 0 Å². The Morgan fingerprint density at radius 2 is 1.37 bits per heavy atom. The maximum atomic E-state index is 2.56. The molecule has 0 aromatic heterocycles. The summed E-state index contributed by atoms with van der Waals surface area (Å²) in [5.41, 5.74) is 0. The first-order valence-electron chi connectivity index (χ1n) is 8.55. The second-order valence-corrected chi connectivity index (χ2v) is 6.25. The molecule has 1 rings (SSSR count). The van der Waals surface area contributed by atoms with Gasteiger partial charge in [-0.15, -0.1) is 0 Å². The van der Waals surface area contributed by atoms with Crippen LogP contribution in [0.5, 0.6) is 0 Å². The van der Waals surface area contributed by atoms with E-state index in [1.54, 1.807) is 0 Å². The van der Waals surface area contributed by atoms with Crippen LogP contribution in [0, 0.1) is 0 Å². The third-order valence-electron chi connectivity index (χ3n) is 4.56. The quantitative estimate of drug-likeness (QED) is 0.446. The molecule has 0 N–H and O–H groups in total. The van der Waals surface area contributed by atoms with Crippen LogP contribution in [-0.2, 0) is 0 Å². The summed E-state index contributed by atoms with van der Waals surface area (Å²) in [6.07, 6.45) is 18.9. The Hall–Kier alpha value is -0.110. The van der Waals surface area contributed by atoms with Gasteiger partial charge in [0.15, 0.2) is 0 Å². The highest BCUT2D eigenvalue weighted by Crippen LogP contribution is 2.20. The van der Waals surface area contributed by atoms with Crippen molar-refractivity contribution in [2.45, 2.75) is 96.4 Å². The summed E-state index contributed by atoms with van der Waals surface area (Å²) in [5, 5.41) is 0. The average molecular weight is 273 g/mol. The van der Waals surface area contributed by atoms with E-state index in [1.807, 2.05) is 0 Å². The zero-order valence-electron chi connectivity index (χ0n) is 13.3. The summed E-state index contributed by atoms with van der Waals surface area (Å²) < 4.78 is 0. The topological polar surface area (TPSA) is 3.24 Å². The molecule has 1 unspecified atom stereocenters. The molecule has 0 radical (unpaired) electrons. The standard InChI is InChI=1S/C17H35N.FH/c1-3-4-5-6-7-8-9-10-11-12-14-17-15-13-16-18(17)2;/h17H,3-16H2,1-2H3;1H. The molecule has 1 aliphatic rings. The van der Waals surface area contributed by atoms with Gasteiger partial charge in [0.05, 0.1) is 0 Å². The van der Waals surface area contributed by atoms with E-state index >= 15 is 0 Å². The molecule has 0 aliphatic carbocycles. The maximum absolute atomic E-state index is 2.56. The molecule has 1 aliphatic heterocycles. The van der Waals surface area contributed by atoms with Crippen LogP contribution in [0.3, 0.4) is 0 Å². The zero-order chi connectivity index (χ0) is 13.1. The first kappa shape index (κ1) is 18.9. The minimum absolute atomic E-state index is 0. The highest BCUT2D eigenvalue weighted by atomic mass is 19.0. The minimum atomic E-state index is 0. The molecule has 19 heavy (non-hydrogen) atoms. The lowest BCUT2D eigenvalue weighted by Crippen LogP contribution is -2.24. The molecule has 1 heterocycles. The van der Waals surface area contributed by atoms with E-state index in [-0.39, 0.29) is 4.70 Å². The summed E-state index contributed by atoms with van der Waals surface area (Å²) in [4.78, 5) is 2.56. The molecule has 0 spiro atoms. The van der Waals surface area contributed by atoms with Gasteiger partial charge < -0.3 is 4.90 Å². The average Bonchev–Trinajstić information content (AvgIpc) is 2.77. The number of likely N-dealkylation sites (tertiary alicyclic amines) is 1. The Morgan fingerprint density at radius 1 is 0.842 bits per heavy atom. The molecule has 2 heteroatoms. The number of unbranched alkanes of at least 4 members (excludes halogenated alkanes) is 9. The monoisotopic (exact) mass is 273 g/mol. The normalized spacial score (nSPS) is 19.6. The van der Waals surface area contributed by atoms with Crippen LogP contribution in [0.25, 0.3) is 0 Å². The van der Waals surface area contributed by atoms with Gasteiger partial charge in [-0.05, 0) is 32.9 Å². The second-order valence-electron chi connectivity index (χ2n) is 6.25. The van der Waals surface area contributed by atoms with Crippen LogP contribution >= 0.6 is 0 Å². The molecular formula is C17H36FN. The predicted molar refractivity (Wildman–Crippen MR) is 84.6 cm³/mol. The van der Waals surface area contributed by atoms with Gasteiger partial charge in [-0.2, -0.15) is 0 Å². The largest absolute Gasteiger partial charge is 0.303 e. The molecule has 0 amide bonds. The lowest BCUT2D eigenvalue weighted by molar-refractivity contribution is 0.289. The summed E-state index contributed by atoms with van der Waals surface area (Å²) in [5.74, 6) is 0. The fraction of sp³-hybridized carbons (Fsp3) is 1.00. The Labute approximate surface area is 120 Å². The molecule has 0 aromatic carbocycles. The van der Waals surface area contributed by atoms with E-state index in [0.717, 1.165) is 6.04 Å². The lowest BCUT2D eigenvalue weighted by atomic mass is 10.0. The maximum Gasteiger partial charge on any atom is 0.00926 e.